The molecule has 5 nitrogen and oxygen atoms in total. The van der Waals surface area contributed by atoms with Gasteiger partial charge in [0, 0.05) is 11.9 Å². The van der Waals surface area contributed by atoms with Gasteiger partial charge in [0.25, 0.3) is 5.91 Å². The molecule has 1 amide bonds. The lowest BCUT2D eigenvalue weighted by Crippen LogP contribution is -2.23. The van der Waals surface area contributed by atoms with Crippen LogP contribution < -0.4 is 4.74 Å². The van der Waals surface area contributed by atoms with Crippen LogP contribution in [0.2, 0.25) is 0 Å². The first-order chi connectivity index (χ1) is 13.0. The number of aromatic hydroxyl groups is 1. The molecule has 1 aliphatic heterocycles. The Balaban J connectivity index is 1.88. The van der Waals surface area contributed by atoms with Crippen molar-refractivity contribution in [3.05, 3.63) is 52.9 Å². The van der Waals surface area contributed by atoms with Crippen LogP contribution in [-0.2, 0) is 4.79 Å². The number of hydrogen-bond acceptors (Lipinski definition) is 6. The number of carbonyl (C=O) groups excluding carboxylic acids is 1. The molecule has 0 bridgehead atoms. The molecule has 2 aromatic rings. The summed E-state index contributed by atoms with van der Waals surface area (Å²) in [6.07, 6.45) is 3.80. The highest BCUT2D eigenvalue weighted by molar-refractivity contribution is 8.18. The summed E-state index contributed by atoms with van der Waals surface area (Å²) in [5.41, 5.74) is 1.60. The smallest absolute Gasteiger partial charge is 0.266 e. The minimum absolute atomic E-state index is 0.0810. The molecule has 0 saturated carbocycles. The van der Waals surface area contributed by atoms with Gasteiger partial charge in [-0.05, 0) is 66.9 Å². The second-order valence-electron chi connectivity index (χ2n) is 5.73. The number of ether oxygens (including phenoxy) is 1. The number of likely N-dealkylation sites (N-methyl/N-ethyl adjacent to an activating group) is 1. The zero-order chi connectivity index (χ0) is 19.4. The molecule has 0 aliphatic carbocycles. The van der Waals surface area contributed by atoms with E-state index in [2.05, 4.69) is 4.99 Å². The van der Waals surface area contributed by atoms with Crippen molar-refractivity contribution >= 4 is 46.4 Å². The Morgan fingerprint density at radius 3 is 2.85 bits per heavy atom. The molecule has 1 heterocycles. The van der Waals surface area contributed by atoms with E-state index in [-0.39, 0.29) is 11.7 Å². The zero-order valence-electron chi connectivity index (χ0n) is 15.3. The highest BCUT2D eigenvalue weighted by Gasteiger charge is 2.30. The largest absolute Gasteiger partial charge is 0.504 e. The minimum atomic E-state index is -0.106. The third-order valence-electron chi connectivity index (χ3n) is 3.86. The van der Waals surface area contributed by atoms with Crippen molar-refractivity contribution in [3.8, 4) is 11.5 Å². The molecule has 0 radical (unpaired) electrons. The van der Waals surface area contributed by atoms with Crippen LogP contribution in [0.3, 0.4) is 0 Å². The Morgan fingerprint density at radius 1 is 1.30 bits per heavy atom. The summed E-state index contributed by atoms with van der Waals surface area (Å²) in [7, 11) is 1.72. The second kappa shape index (κ2) is 8.54. The fraction of sp³-hybridized carbons (Fsp3) is 0.200. The molecular weight excluding hydrogens is 380 g/mol. The van der Waals surface area contributed by atoms with E-state index < -0.39 is 0 Å². The number of hydrogen-bond donors (Lipinski definition) is 1. The van der Waals surface area contributed by atoms with E-state index in [0.29, 0.717) is 22.4 Å². The predicted octanol–water partition coefficient (Wildman–Crippen LogP) is 4.75. The zero-order valence-corrected chi connectivity index (χ0v) is 16.9. The number of phenols is 1. The van der Waals surface area contributed by atoms with Gasteiger partial charge in [0.05, 0.1) is 17.2 Å². The van der Waals surface area contributed by atoms with E-state index in [0.717, 1.165) is 16.1 Å². The van der Waals surface area contributed by atoms with Crippen molar-refractivity contribution in [1.29, 1.82) is 0 Å². The highest BCUT2D eigenvalue weighted by Crippen LogP contribution is 2.35. The third kappa shape index (κ3) is 4.48. The molecule has 140 valence electrons. The van der Waals surface area contributed by atoms with Crippen molar-refractivity contribution in [2.45, 2.75) is 11.8 Å². The Bertz CT molecular complexity index is 925. The monoisotopic (exact) mass is 400 g/mol. The van der Waals surface area contributed by atoms with E-state index in [4.69, 9.17) is 4.74 Å². The fourth-order valence-corrected chi connectivity index (χ4v) is 3.93. The third-order valence-corrected chi connectivity index (χ3v) is 5.65. The molecule has 7 heteroatoms. The summed E-state index contributed by atoms with van der Waals surface area (Å²) in [6, 6.07) is 12.9. The molecule has 0 aromatic heterocycles. The number of thioether (sulfide) groups is 2. The van der Waals surface area contributed by atoms with Crippen LogP contribution in [0.15, 0.2) is 57.3 Å². The van der Waals surface area contributed by atoms with Gasteiger partial charge in [-0.25, -0.2) is 4.99 Å². The van der Waals surface area contributed by atoms with E-state index in [1.165, 1.54) is 11.8 Å². The van der Waals surface area contributed by atoms with E-state index in [1.54, 1.807) is 48.0 Å². The first-order valence-electron chi connectivity index (χ1n) is 8.38. The van der Waals surface area contributed by atoms with Crippen LogP contribution in [0, 0.1) is 0 Å². The summed E-state index contributed by atoms with van der Waals surface area (Å²) in [5.74, 6) is 0.377. The number of rotatable bonds is 5. The molecule has 27 heavy (non-hydrogen) atoms. The second-order valence-corrected chi connectivity index (χ2v) is 7.62. The summed E-state index contributed by atoms with van der Waals surface area (Å²) in [5, 5.41) is 10.5. The van der Waals surface area contributed by atoms with Gasteiger partial charge < -0.3 is 9.84 Å². The van der Waals surface area contributed by atoms with Crippen LogP contribution in [0.1, 0.15) is 12.5 Å². The predicted molar refractivity (Wildman–Crippen MR) is 113 cm³/mol. The summed E-state index contributed by atoms with van der Waals surface area (Å²) in [4.78, 5) is 20.4. The average molecular weight is 401 g/mol. The molecule has 1 fully saturated rings. The number of benzene rings is 2. The Kier molecular flexibility index (Phi) is 6.13. The lowest BCUT2D eigenvalue weighted by Gasteiger charge is -2.07. The van der Waals surface area contributed by atoms with Crippen LogP contribution >= 0.6 is 23.5 Å². The molecule has 1 aliphatic rings. The van der Waals surface area contributed by atoms with E-state index in [1.807, 2.05) is 37.4 Å². The van der Waals surface area contributed by atoms with Crippen molar-refractivity contribution in [2.75, 3.05) is 19.9 Å². The Hall–Kier alpha value is -2.38. The number of amides is 1. The van der Waals surface area contributed by atoms with Gasteiger partial charge in [0.2, 0.25) is 0 Å². The van der Waals surface area contributed by atoms with Gasteiger partial charge in [0.1, 0.15) is 0 Å². The van der Waals surface area contributed by atoms with Crippen LogP contribution in [-0.4, -0.2) is 41.0 Å². The van der Waals surface area contributed by atoms with Crippen molar-refractivity contribution in [3.63, 3.8) is 0 Å². The molecule has 2 aromatic carbocycles. The van der Waals surface area contributed by atoms with Crippen LogP contribution in [0.5, 0.6) is 11.5 Å². The number of amidine groups is 1. The summed E-state index contributed by atoms with van der Waals surface area (Å²) in [6.45, 7) is 2.31. The topological polar surface area (TPSA) is 62.1 Å². The maximum absolute atomic E-state index is 12.6. The molecule has 3 rings (SSSR count). The number of aliphatic imine (C=N–C) groups is 1. The van der Waals surface area contributed by atoms with E-state index in [9.17, 15) is 9.90 Å². The highest BCUT2D eigenvalue weighted by atomic mass is 32.2. The molecule has 1 N–H and O–H groups in total. The lowest BCUT2D eigenvalue weighted by molar-refractivity contribution is -0.121. The normalized spacial score (nSPS) is 17.1. The molecule has 0 spiro atoms. The molecule has 1 saturated heterocycles. The summed E-state index contributed by atoms with van der Waals surface area (Å²) < 4.78 is 5.40. The van der Waals surface area contributed by atoms with Crippen LogP contribution in [0.25, 0.3) is 6.08 Å². The SMILES string of the molecule is CCOc1cc(/C=C2/SC(=Nc3cccc(SC)c3)N(C)C2=O)ccc1O. The standard InChI is InChI=1S/C20H20N2O3S2/c1-4-25-17-10-13(8-9-16(17)23)11-18-19(24)22(2)20(27-18)21-14-6-5-7-15(12-14)26-3/h5-12,23H,4H2,1-3H3/b18-11+,21-20?. The maximum Gasteiger partial charge on any atom is 0.266 e. The van der Waals surface area contributed by atoms with Gasteiger partial charge in [-0.15, -0.1) is 11.8 Å². The minimum Gasteiger partial charge on any atom is -0.504 e. The van der Waals surface area contributed by atoms with E-state index >= 15 is 0 Å². The van der Waals surface area contributed by atoms with Crippen molar-refractivity contribution in [2.24, 2.45) is 4.99 Å². The van der Waals surface area contributed by atoms with Gasteiger partial charge >= 0.3 is 0 Å². The van der Waals surface area contributed by atoms with Crippen molar-refractivity contribution < 1.29 is 14.6 Å². The van der Waals surface area contributed by atoms with Gasteiger partial charge in [-0.3, -0.25) is 9.69 Å². The first kappa shape index (κ1) is 19.4. The van der Waals surface area contributed by atoms with Crippen molar-refractivity contribution in [1.82, 2.24) is 4.90 Å². The fourth-order valence-electron chi connectivity index (χ4n) is 2.49. The first-order valence-corrected chi connectivity index (χ1v) is 10.4. The molecular formula is C20H20N2O3S2. The van der Waals surface area contributed by atoms with Gasteiger partial charge in [-0.2, -0.15) is 0 Å². The maximum atomic E-state index is 12.6. The number of phenolic OH excluding ortho intramolecular Hbond substituents is 1. The number of carbonyl (C=O) groups is 1. The quantitative estimate of drug-likeness (QED) is 0.580. The Morgan fingerprint density at radius 2 is 2.11 bits per heavy atom. The Labute approximate surface area is 167 Å². The average Bonchev–Trinajstić information content (AvgIpc) is 2.92. The van der Waals surface area contributed by atoms with Gasteiger partial charge in [-0.1, -0.05) is 12.1 Å². The van der Waals surface area contributed by atoms with Gasteiger partial charge in [0.15, 0.2) is 16.7 Å². The van der Waals surface area contributed by atoms with Crippen LogP contribution in [0.4, 0.5) is 5.69 Å². The molecule has 0 atom stereocenters. The number of nitrogens with zero attached hydrogens (tertiary/aromatic N) is 2. The lowest BCUT2D eigenvalue weighted by atomic mass is 10.2. The summed E-state index contributed by atoms with van der Waals surface area (Å²) >= 11 is 2.98. The molecule has 0 unspecified atom stereocenters.